The molecule has 90 valence electrons. The molecule has 17 heavy (non-hydrogen) atoms. The summed E-state index contributed by atoms with van der Waals surface area (Å²) in [6.07, 6.45) is 1.54. The van der Waals surface area contributed by atoms with Gasteiger partial charge in [-0.05, 0) is 25.0 Å². The number of aliphatic carboxylic acids is 1. The summed E-state index contributed by atoms with van der Waals surface area (Å²) in [4.78, 5) is 22.2. The first-order valence-electron chi connectivity index (χ1n) is 5.43. The first-order valence-corrected chi connectivity index (χ1v) is 5.43. The van der Waals surface area contributed by atoms with Crippen LogP contribution in [0.1, 0.15) is 22.3 Å². The number of nitrogens with one attached hydrogen (secondary N) is 1. The quantitative estimate of drug-likeness (QED) is 0.813. The normalized spacial score (nSPS) is 14.5. The highest BCUT2D eigenvalue weighted by atomic mass is 16.5. The molecule has 0 radical (unpaired) electrons. The van der Waals surface area contributed by atoms with Gasteiger partial charge in [0.25, 0.3) is 5.91 Å². The zero-order chi connectivity index (χ0) is 12.3. The van der Waals surface area contributed by atoms with E-state index >= 15 is 0 Å². The fourth-order valence-corrected chi connectivity index (χ4v) is 1.87. The SMILES string of the molecule is O=C(O)COc1cccc2c1CCCNC2=O. The molecule has 0 saturated heterocycles. The van der Waals surface area contributed by atoms with Crippen molar-refractivity contribution in [2.75, 3.05) is 13.2 Å². The Labute approximate surface area is 98.4 Å². The van der Waals surface area contributed by atoms with Crippen molar-refractivity contribution in [2.24, 2.45) is 0 Å². The summed E-state index contributed by atoms with van der Waals surface area (Å²) in [7, 11) is 0. The van der Waals surface area contributed by atoms with Crippen LogP contribution in [0.15, 0.2) is 18.2 Å². The van der Waals surface area contributed by atoms with Crippen LogP contribution in [-0.4, -0.2) is 30.1 Å². The summed E-state index contributed by atoms with van der Waals surface area (Å²) >= 11 is 0. The van der Waals surface area contributed by atoms with E-state index in [0.717, 1.165) is 12.0 Å². The molecule has 0 atom stereocenters. The fourth-order valence-electron chi connectivity index (χ4n) is 1.87. The molecule has 5 nitrogen and oxygen atoms in total. The van der Waals surface area contributed by atoms with Gasteiger partial charge in [-0.25, -0.2) is 4.79 Å². The molecular weight excluding hydrogens is 222 g/mol. The van der Waals surface area contributed by atoms with Gasteiger partial charge in [-0.15, -0.1) is 0 Å². The topological polar surface area (TPSA) is 75.6 Å². The molecule has 0 unspecified atom stereocenters. The van der Waals surface area contributed by atoms with E-state index in [1.807, 2.05) is 0 Å². The molecule has 0 spiro atoms. The lowest BCUT2D eigenvalue weighted by atomic mass is 10.0. The van der Waals surface area contributed by atoms with Crippen molar-refractivity contribution in [2.45, 2.75) is 12.8 Å². The second-order valence-electron chi connectivity index (χ2n) is 3.82. The molecule has 1 aliphatic rings. The van der Waals surface area contributed by atoms with Gasteiger partial charge in [0, 0.05) is 17.7 Å². The molecular formula is C12H13NO4. The van der Waals surface area contributed by atoms with Crippen molar-refractivity contribution in [3.05, 3.63) is 29.3 Å². The number of fused-ring (bicyclic) bond motifs is 1. The number of ether oxygens (including phenoxy) is 1. The summed E-state index contributed by atoms with van der Waals surface area (Å²) in [5.41, 5.74) is 1.37. The van der Waals surface area contributed by atoms with Crippen molar-refractivity contribution in [3.8, 4) is 5.75 Å². The highest BCUT2D eigenvalue weighted by molar-refractivity contribution is 5.96. The molecule has 2 N–H and O–H groups in total. The average Bonchev–Trinajstić information content (AvgIpc) is 2.49. The molecule has 0 aliphatic carbocycles. The van der Waals surface area contributed by atoms with Crippen molar-refractivity contribution in [1.82, 2.24) is 5.32 Å². The molecule has 1 aliphatic heterocycles. The molecule has 0 aromatic heterocycles. The molecule has 0 bridgehead atoms. The number of hydrogen-bond acceptors (Lipinski definition) is 3. The van der Waals surface area contributed by atoms with Gasteiger partial charge in [-0.3, -0.25) is 4.79 Å². The number of carbonyl (C=O) groups excluding carboxylic acids is 1. The van der Waals surface area contributed by atoms with E-state index in [1.165, 1.54) is 0 Å². The van der Waals surface area contributed by atoms with Gasteiger partial charge in [0.15, 0.2) is 6.61 Å². The van der Waals surface area contributed by atoms with Crippen molar-refractivity contribution < 1.29 is 19.4 Å². The summed E-state index contributed by atoms with van der Waals surface area (Å²) in [6, 6.07) is 5.12. The number of hydrogen-bond donors (Lipinski definition) is 2. The Morgan fingerprint density at radius 2 is 2.29 bits per heavy atom. The Hall–Kier alpha value is -2.04. The van der Waals surface area contributed by atoms with Crippen molar-refractivity contribution in [3.63, 3.8) is 0 Å². The Bertz CT molecular complexity index is 456. The van der Waals surface area contributed by atoms with Crippen LogP contribution in [0.4, 0.5) is 0 Å². The number of amides is 1. The lowest BCUT2D eigenvalue weighted by Gasteiger charge is -2.11. The number of carbonyl (C=O) groups is 2. The van der Waals surface area contributed by atoms with Gasteiger partial charge in [-0.1, -0.05) is 6.07 Å². The number of carboxylic acids is 1. The van der Waals surface area contributed by atoms with Crippen LogP contribution in [0, 0.1) is 0 Å². The van der Waals surface area contributed by atoms with E-state index in [9.17, 15) is 9.59 Å². The standard InChI is InChI=1S/C12H13NO4/c14-11(15)7-17-10-5-1-3-9-8(10)4-2-6-13-12(9)16/h1,3,5H,2,4,6-7H2,(H,13,16)(H,14,15). The van der Waals surface area contributed by atoms with Crippen LogP contribution in [0.25, 0.3) is 0 Å². The molecule has 1 heterocycles. The molecule has 5 heteroatoms. The lowest BCUT2D eigenvalue weighted by molar-refractivity contribution is -0.139. The predicted molar refractivity (Wildman–Crippen MR) is 60.2 cm³/mol. The maximum atomic E-state index is 11.7. The van der Waals surface area contributed by atoms with E-state index < -0.39 is 12.6 Å². The van der Waals surface area contributed by atoms with Crippen LogP contribution < -0.4 is 10.1 Å². The molecule has 0 fully saturated rings. The summed E-state index contributed by atoms with van der Waals surface area (Å²) in [5, 5.41) is 11.4. The van der Waals surface area contributed by atoms with Crippen LogP contribution in [0.5, 0.6) is 5.75 Å². The third-order valence-electron chi connectivity index (χ3n) is 2.62. The van der Waals surface area contributed by atoms with Crippen LogP contribution >= 0.6 is 0 Å². The summed E-state index contributed by atoms with van der Waals surface area (Å²) in [6.45, 7) is 0.240. The number of benzene rings is 1. The highest BCUT2D eigenvalue weighted by Gasteiger charge is 2.18. The zero-order valence-electron chi connectivity index (χ0n) is 9.23. The molecule has 1 aromatic rings. The maximum absolute atomic E-state index is 11.7. The Balaban J connectivity index is 2.31. The van der Waals surface area contributed by atoms with Gasteiger partial charge in [-0.2, -0.15) is 0 Å². The Morgan fingerprint density at radius 1 is 1.47 bits per heavy atom. The van der Waals surface area contributed by atoms with Crippen molar-refractivity contribution in [1.29, 1.82) is 0 Å². The van der Waals surface area contributed by atoms with Crippen LogP contribution in [-0.2, 0) is 11.2 Å². The Kier molecular flexibility index (Phi) is 3.27. The maximum Gasteiger partial charge on any atom is 0.341 e. The fraction of sp³-hybridized carbons (Fsp3) is 0.333. The van der Waals surface area contributed by atoms with Gasteiger partial charge >= 0.3 is 5.97 Å². The van der Waals surface area contributed by atoms with E-state index in [-0.39, 0.29) is 5.91 Å². The smallest absolute Gasteiger partial charge is 0.341 e. The molecule has 1 aromatic carbocycles. The number of carboxylic acid groups (broad SMARTS) is 1. The average molecular weight is 235 g/mol. The van der Waals surface area contributed by atoms with Gasteiger partial charge < -0.3 is 15.2 Å². The highest BCUT2D eigenvalue weighted by Crippen LogP contribution is 2.25. The minimum atomic E-state index is -1.03. The first-order chi connectivity index (χ1) is 8.18. The zero-order valence-corrected chi connectivity index (χ0v) is 9.23. The summed E-state index contributed by atoms with van der Waals surface area (Å²) in [5.74, 6) is -0.666. The van der Waals surface area contributed by atoms with Gasteiger partial charge in [0.2, 0.25) is 0 Å². The van der Waals surface area contributed by atoms with E-state index in [2.05, 4.69) is 5.32 Å². The van der Waals surface area contributed by atoms with Gasteiger partial charge in [0.1, 0.15) is 5.75 Å². The third kappa shape index (κ3) is 2.55. The lowest BCUT2D eigenvalue weighted by Crippen LogP contribution is -2.22. The summed E-state index contributed by atoms with van der Waals surface area (Å²) < 4.78 is 5.19. The Morgan fingerprint density at radius 3 is 3.06 bits per heavy atom. The van der Waals surface area contributed by atoms with Crippen molar-refractivity contribution >= 4 is 11.9 Å². The second-order valence-corrected chi connectivity index (χ2v) is 3.82. The monoisotopic (exact) mass is 235 g/mol. The number of rotatable bonds is 3. The minimum Gasteiger partial charge on any atom is -0.482 e. The minimum absolute atomic E-state index is 0.127. The molecule has 2 rings (SSSR count). The largest absolute Gasteiger partial charge is 0.482 e. The van der Waals surface area contributed by atoms with E-state index in [0.29, 0.717) is 24.3 Å². The third-order valence-corrected chi connectivity index (χ3v) is 2.62. The second kappa shape index (κ2) is 4.86. The van der Waals surface area contributed by atoms with Gasteiger partial charge in [0.05, 0.1) is 0 Å². The molecule has 0 saturated carbocycles. The van der Waals surface area contributed by atoms with Crippen LogP contribution in [0.3, 0.4) is 0 Å². The predicted octanol–water partition coefficient (Wildman–Crippen LogP) is 0.826. The van der Waals surface area contributed by atoms with Crippen LogP contribution in [0.2, 0.25) is 0 Å². The van der Waals surface area contributed by atoms with E-state index in [1.54, 1.807) is 18.2 Å². The molecule has 1 amide bonds. The van der Waals surface area contributed by atoms with E-state index in [4.69, 9.17) is 9.84 Å². The first kappa shape index (κ1) is 11.4.